The molecule has 0 aliphatic carbocycles. The van der Waals surface area contributed by atoms with Crippen LogP contribution in [0.1, 0.15) is 32.1 Å². The third-order valence-electron chi connectivity index (χ3n) is 5.53. The maximum atomic E-state index is 12.8. The second-order valence-electron chi connectivity index (χ2n) is 7.36. The van der Waals surface area contributed by atoms with Crippen molar-refractivity contribution in [3.63, 3.8) is 0 Å². The van der Waals surface area contributed by atoms with Crippen molar-refractivity contribution in [2.45, 2.75) is 43.7 Å². The van der Waals surface area contributed by atoms with Crippen molar-refractivity contribution < 1.29 is 14.3 Å². The number of carbonyl (C=O) groups is 1. The Bertz CT molecular complexity index is 593. The van der Waals surface area contributed by atoms with Gasteiger partial charge in [0.15, 0.2) is 0 Å². The number of hydrogen-bond donors (Lipinski definition) is 1. The van der Waals surface area contributed by atoms with Crippen LogP contribution in [0.5, 0.6) is 0 Å². The first-order valence-electron chi connectivity index (χ1n) is 9.28. The first-order valence-corrected chi connectivity index (χ1v) is 9.28. The number of aromatic nitrogens is 2. The summed E-state index contributed by atoms with van der Waals surface area (Å²) in [4.78, 5) is 23.3. The van der Waals surface area contributed by atoms with Crippen LogP contribution in [0, 0.1) is 5.92 Å². The fourth-order valence-electron chi connectivity index (χ4n) is 4.27. The van der Waals surface area contributed by atoms with Crippen LogP contribution >= 0.6 is 0 Å². The van der Waals surface area contributed by atoms with E-state index in [0.29, 0.717) is 32.3 Å². The van der Waals surface area contributed by atoms with Gasteiger partial charge in [-0.25, -0.2) is 9.97 Å². The molecule has 1 spiro atoms. The van der Waals surface area contributed by atoms with E-state index >= 15 is 0 Å². The van der Waals surface area contributed by atoms with Crippen molar-refractivity contribution in [1.29, 1.82) is 0 Å². The van der Waals surface area contributed by atoms with Gasteiger partial charge in [-0.1, -0.05) is 0 Å². The summed E-state index contributed by atoms with van der Waals surface area (Å²) in [6, 6.07) is 2.00. The van der Waals surface area contributed by atoms with Crippen LogP contribution in [0.2, 0.25) is 0 Å². The van der Waals surface area contributed by atoms with Crippen molar-refractivity contribution in [2.24, 2.45) is 5.92 Å². The maximum Gasteiger partial charge on any atom is 0.225 e. The van der Waals surface area contributed by atoms with E-state index in [2.05, 4.69) is 15.3 Å². The molecule has 4 heterocycles. The molecule has 1 aromatic heterocycles. The smallest absolute Gasteiger partial charge is 0.225 e. The minimum atomic E-state index is -0.217. The van der Waals surface area contributed by atoms with E-state index in [4.69, 9.17) is 9.47 Å². The zero-order valence-electron chi connectivity index (χ0n) is 14.5. The molecule has 2 unspecified atom stereocenters. The molecule has 0 aromatic carbocycles. The third kappa shape index (κ3) is 3.77. The zero-order chi connectivity index (χ0) is 17.1. The molecule has 7 nitrogen and oxygen atoms in total. The Morgan fingerprint density at radius 2 is 2.08 bits per heavy atom. The lowest BCUT2D eigenvalue weighted by Crippen LogP contribution is -2.52. The number of likely N-dealkylation sites (tertiary alicyclic amines) is 1. The summed E-state index contributed by atoms with van der Waals surface area (Å²) < 4.78 is 11.6. The van der Waals surface area contributed by atoms with Crippen molar-refractivity contribution in [3.05, 3.63) is 18.5 Å². The van der Waals surface area contributed by atoms with E-state index in [1.54, 1.807) is 18.5 Å². The minimum absolute atomic E-state index is 0.122. The first kappa shape index (κ1) is 16.7. The lowest BCUT2D eigenvalue weighted by atomic mass is 9.87. The Kier molecular flexibility index (Phi) is 4.85. The Morgan fingerprint density at radius 1 is 1.28 bits per heavy atom. The van der Waals surface area contributed by atoms with Gasteiger partial charge in [0.05, 0.1) is 18.2 Å². The van der Waals surface area contributed by atoms with Gasteiger partial charge in [-0.15, -0.1) is 0 Å². The van der Waals surface area contributed by atoms with Crippen molar-refractivity contribution in [2.75, 3.05) is 38.2 Å². The maximum absolute atomic E-state index is 12.8. The standard InChI is InChI=1S/C18H26N4O3/c23-16(14-3-9-24-10-4-14)22-8-1-5-18(13-22)11-15(12-25-18)21-17-19-6-2-7-20-17/h2,6-7,14-15H,1,3-5,8-13H2,(H,19,20,21). The Hall–Kier alpha value is -1.73. The molecule has 3 fully saturated rings. The van der Waals surface area contributed by atoms with E-state index in [9.17, 15) is 4.79 Å². The van der Waals surface area contributed by atoms with E-state index < -0.39 is 0 Å². The molecule has 3 aliphatic rings. The summed E-state index contributed by atoms with van der Waals surface area (Å²) in [5.74, 6) is 1.05. The number of piperidine rings is 1. The molecular weight excluding hydrogens is 320 g/mol. The number of anilines is 1. The quantitative estimate of drug-likeness (QED) is 0.893. The first-order chi connectivity index (χ1) is 12.2. The lowest BCUT2D eigenvalue weighted by molar-refractivity contribution is -0.146. The summed E-state index contributed by atoms with van der Waals surface area (Å²) in [6.07, 6.45) is 8.06. The van der Waals surface area contributed by atoms with E-state index in [0.717, 1.165) is 38.6 Å². The molecule has 3 aliphatic heterocycles. The molecule has 1 aromatic rings. The monoisotopic (exact) mass is 346 g/mol. The highest BCUT2D eigenvalue weighted by atomic mass is 16.5. The highest BCUT2D eigenvalue weighted by Gasteiger charge is 2.45. The average molecular weight is 346 g/mol. The second-order valence-corrected chi connectivity index (χ2v) is 7.36. The molecule has 0 saturated carbocycles. The molecule has 1 amide bonds. The van der Waals surface area contributed by atoms with Crippen LogP contribution in [0.3, 0.4) is 0 Å². The van der Waals surface area contributed by atoms with Crippen LogP contribution in [0.15, 0.2) is 18.5 Å². The van der Waals surface area contributed by atoms with Crippen LogP contribution in [-0.2, 0) is 14.3 Å². The number of hydrogen-bond acceptors (Lipinski definition) is 6. The summed E-state index contributed by atoms with van der Waals surface area (Å²) >= 11 is 0. The predicted molar refractivity (Wildman–Crippen MR) is 92.1 cm³/mol. The van der Waals surface area contributed by atoms with Gasteiger partial charge in [-0.2, -0.15) is 0 Å². The lowest BCUT2D eigenvalue weighted by Gasteiger charge is -2.41. The Labute approximate surface area is 148 Å². The molecule has 7 heteroatoms. The van der Waals surface area contributed by atoms with E-state index in [-0.39, 0.29) is 23.5 Å². The van der Waals surface area contributed by atoms with E-state index in [1.165, 1.54) is 0 Å². The molecule has 0 radical (unpaired) electrons. The highest BCUT2D eigenvalue weighted by molar-refractivity contribution is 5.79. The van der Waals surface area contributed by atoms with Gasteiger partial charge in [0.2, 0.25) is 11.9 Å². The number of nitrogens with one attached hydrogen (secondary N) is 1. The minimum Gasteiger partial charge on any atom is -0.381 e. The van der Waals surface area contributed by atoms with Crippen molar-refractivity contribution >= 4 is 11.9 Å². The average Bonchev–Trinajstić information content (AvgIpc) is 3.04. The fourth-order valence-corrected chi connectivity index (χ4v) is 4.27. The molecule has 0 bridgehead atoms. The predicted octanol–water partition coefficient (Wildman–Crippen LogP) is 1.47. The molecule has 1 N–H and O–H groups in total. The second kappa shape index (κ2) is 7.25. The fraction of sp³-hybridized carbons (Fsp3) is 0.722. The zero-order valence-corrected chi connectivity index (χ0v) is 14.5. The van der Waals surface area contributed by atoms with Crippen LogP contribution < -0.4 is 5.32 Å². The van der Waals surface area contributed by atoms with Gasteiger partial charge in [-0.3, -0.25) is 4.79 Å². The molecule has 4 rings (SSSR count). The summed E-state index contributed by atoms with van der Waals surface area (Å²) in [5, 5.41) is 3.35. The van der Waals surface area contributed by atoms with Crippen LogP contribution in [0.4, 0.5) is 5.95 Å². The number of nitrogens with zero attached hydrogens (tertiary/aromatic N) is 3. The number of carbonyl (C=O) groups excluding carboxylic acids is 1. The number of ether oxygens (including phenoxy) is 2. The van der Waals surface area contributed by atoms with Crippen LogP contribution in [0.25, 0.3) is 0 Å². The summed E-state index contributed by atoms with van der Waals surface area (Å²) in [6.45, 7) is 3.60. The Morgan fingerprint density at radius 3 is 2.88 bits per heavy atom. The SMILES string of the molecule is O=C(C1CCOCC1)N1CCCC2(CC(Nc3ncccn3)CO2)C1. The number of rotatable bonds is 3. The third-order valence-corrected chi connectivity index (χ3v) is 5.53. The van der Waals surface area contributed by atoms with Gasteiger partial charge in [0.1, 0.15) is 0 Å². The summed E-state index contributed by atoms with van der Waals surface area (Å²) in [7, 11) is 0. The Balaban J connectivity index is 1.36. The topological polar surface area (TPSA) is 76.6 Å². The summed E-state index contributed by atoms with van der Waals surface area (Å²) in [5.41, 5.74) is -0.217. The molecule has 3 saturated heterocycles. The van der Waals surface area contributed by atoms with Crippen molar-refractivity contribution in [3.8, 4) is 0 Å². The van der Waals surface area contributed by atoms with Gasteiger partial charge in [0.25, 0.3) is 0 Å². The normalized spacial score (nSPS) is 30.6. The van der Waals surface area contributed by atoms with Gasteiger partial charge in [0, 0.05) is 51.0 Å². The largest absolute Gasteiger partial charge is 0.381 e. The van der Waals surface area contributed by atoms with E-state index in [1.807, 2.05) is 4.90 Å². The highest BCUT2D eigenvalue weighted by Crippen LogP contribution is 2.36. The molecule has 136 valence electrons. The van der Waals surface area contributed by atoms with Gasteiger partial charge in [-0.05, 0) is 31.7 Å². The molecule has 25 heavy (non-hydrogen) atoms. The van der Waals surface area contributed by atoms with Crippen LogP contribution in [-0.4, -0.2) is 65.3 Å². The molecule has 2 atom stereocenters. The molecular formula is C18H26N4O3. The van der Waals surface area contributed by atoms with Crippen molar-refractivity contribution in [1.82, 2.24) is 14.9 Å². The van der Waals surface area contributed by atoms with Gasteiger partial charge >= 0.3 is 0 Å². The number of amides is 1. The van der Waals surface area contributed by atoms with Gasteiger partial charge < -0.3 is 19.7 Å².